The first-order chi connectivity index (χ1) is 8.25. The van der Waals surface area contributed by atoms with E-state index in [1.165, 1.54) is 4.90 Å². The fourth-order valence-electron chi connectivity index (χ4n) is 1.45. The number of benzene rings is 1. The zero-order chi connectivity index (χ0) is 12.1. The minimum absolute atomic E-state index is 0.941. The summed E-state index contributed by atoms with van der Waals surface area (Å²) in [4.78, 5) is 1.22. The molecule has 2 nitrogen and oxygen atoms in total. The number of hydrogen-bond donors (Lipinski definition) is 1. The molecule has 2 rings (SSSR count). The zero-order valence-corrected chi connectivity index (χ0v) is 12.0. The predicted molar refractivity (Wildman–Crippen MR) is 76.8 cm³/mol. The Morgan fingerprint density at radius 2 is 2.00 bits per heavy atom. The predicted octanol–water partition coefficient (Wildman–Crippen LogP) is 4.55. The smallest absolute Gasteiger partial charge is 0.114 e. The number of halogens is 1. The molecule has 1 heterocycles. The summed E-state index contributed by atoms with van der Waals surface area (Å²) in [7, 11) is 0. The van der Waals surface area contributed by atoms with Gasteiger partial charge < -0.3 is 9.73 Å². The summed E-state index contributed by atoms with van der Waals surface area (Å²) in [6, 6.07) is 10.2. The highest BCUT2D eigenvalue weighted by molar-refractivity contribution is 9.10. The van der Waals surface area contributed by atoms with Crippen molar-refractivity contribution in [1.29, 1.82) is 0 Å². The van der Waals surface area contributed by atoms with Crippen LogP contribution >= 0.6 is 27.7 Å². The molecule has 2 aromatic rings. The highest BCUT2D eigenvalue weighted by Gasteiger charge is 2.00. The molecule has 0 aliphatic rings. The maximum Gasteiger partial charge on any atom is 0.114 e. The van der Waals surface area contributed by atoms with Crippen molar-refractivity contribution in [3.05, 3.63) is 46.8 Å². The number of furan rings is 1. The van der Waals surface area contributed by atoms with Gasteiger partial charge in [0.2, 0.25) is 0 Å². The lowest BCUT2D eigenvalue weighted by atomic mass is 10.3. The molecule has 90 valence electrons. The molecule has 0 atom stereocenters. The lowest BCUT2D eigenvalue weighted by Crippen LogP contribution is -2.03. The molecule has 0 aliphatic carbocycles. The van der Waals surface area contributed by atoms with E-state index in [1.807, 2.05) is 36.9 Å². The Morgan fingerprint density at radius 3 is 2.65 bits per heavy atom. The number of anilines is 1. The first-order valence-corrected chi connectivity index (χ1v) is 7.20. The second-order valence-corrected chi connectivity index (χ2v) is 5.68. The Bertz CT molecular complexity index is 467. The van der Waals surface area contributed by atoms with E-state index in [0.29, 0.717) is 0 Å². The summed E-state index contributed by atoms with van der Waals surface area (Å²) in [6.45, 7) is 2.93. The molecule has 0 saturated heterocycles. The van der Waals surface area contributed by atoms with Crippen LogP contribution in [0.15, 0.2) is 50.4 Å². The van der Waals surface area contributed by atoms with Gasteiger partial charge in [-0.05, 0) is 37.3 Å². The monoisotopic (exact) mass is 311 g/mol. The summed E-state index contributed by atoms with van der Waals surface area (Å²) >= 11 is 5.23. The van der Waals surface area contributed by atoms with Crippen molar-refractivity contribution in [2.75, 3.05) is 17.6 Å². The lowest BCUT2D eigenvalue weighted by molar-refractivity contribution is 0.527. The quantitative estimate of drug-likeness (QED) is 0.647. The van der Waals surface area contributed by atoms with Crippen LogP contribution in [0.5, 0.6) is 0 Å². The number of thioether (sulfide) groups is 1. The van der Waals surface area contributed by atoms with Gasteiger partial charge >= 0.3 is 0 Å². The zero-order valence-electron chi connectivity index (χ0n) is 9.57. The third kappa shape index (κ3) is 3.82. The van der Waals surface area contributed by atoms with Gasteiger partial charge in [0.15, 0.2) is 0 Å². The first-order valence-electron chi connectivity index (χ1n) is 5.42. The van der Waals surface area contributed by atoms with Crippen LogP contribution in [0.1, 0.15) is 5.76 Å². The molecule has 1 aromatic carbocycles. The van der Waals surface area contributed by atoms with Crippen LogP contribution in [-0.2, 0) is 0 Å². The molecule has 0 amide bonds. The van der Waals surface area contributed by atoms with Crippen molar-refractivity contribution in [3.8, 4) is 0 Å². The molecule has 0 spiro atoms. The molecule has 17 heavy (non-hydrogen) atoms. The highest BCUT2D eigenvalue weighted by atomic mass is 79.9. The Morgan fingerprint density at radius 1 is 1.24 bits per heavy atom. The van der Waals surface area contributed by atoms with Gasteiger partial charge in [0.05, 0.1) is 6.26 Å². The number of aryl methyl sites for hydroxylation is 1. The van der Waals surface area contributed by atoms with Gasteiger partial charge in [-0.3, -0.25) is 0 Å². The van der Waals surface area contributed by atoms with Crippen LogP contribution in [-0.4, -0.2) is 12.3 Å². The Kier molecular flexibility index (Phi) is 4.57. The minimum Gasteiger partial charge on any atom is -0.468 e. The molecule has 0 aliphatic heterocycles. The van der Waals surface area contributed by atoms with Crippen LogP contribution in [0.3, 0.4) is 0 Å². The molecule has 0 saturated carbocycles. The van der Waals surface area contributed by atoms with E-state index in [-0.39, 0.29) is 0 Å². The van der Waals surface area contributed by atoms with Crippen LogP contribution in [0, 0.1) is 6.92 Å². The molecule has 0 radical (unpaired) electrons. The van der Waals surface area contributed by atoms with Crippen LogP contribution in [0.2, 0.25) is 0 Å². The lowest BCUT2D eigenvalue weighted by Gasteiger charge is -2.05. The number of hydrogen-bond acceptors (Lipinski definition) is 3. The number of nitrogens with one attached hydrogen (secondary N) is 1. The van der Waals surface area contributed by atoms with Gasteiger partial charge in [0.1, 0.15) is 5.76 Å². The molecule has 1 N–H and O–H groups in total. The normalized spacial score (nSPS) is 10.5. The average molecular weight is 312 g/mol. The summed E-state index contributed by atoms with van der Waals surface area (Å²) in [6.07, 6.45) is 1.74. The van der Waals surface area contributed by atoms with Crippen LogP contribution in [0.25, 0.3) is 0 Å². The third-order valence-corrected chi connectivity index (χ3v) is 4.02. The maximum atomic E-state index is 5.25. The number of rotatable bonds is 5. The minimum atomic E-state index is 0.941. The largest absolute Gasteiger partial charge is 0.468 e. The van der Waals surface area contributed by atoms with Crippen LogP contribution in [0.4, 0.5) is 5.69 Å². The molecular formula is C13H14BrNOS. The Labute approximate surface area is 114 Å². The van der Waals surface area contributed by atoms with E-state index in [9.17, 15) is 0 Å². The van der Waals surface area contributed by atoms with Crippen LogP contribution < -0.4 is 5.32 Å². The Hall–Kier alpha value is -0.870. The van der Waals surface area contributed by atoms with E-state index >= 15 is 0 Å². The van der Waals surface area contributed by atoms with Gasteiger partial charge in [-0.1, -0.05) is 15.9 Å². The van der Waals surface area contributed by atoms with Crippen molar-refractivity contribution in [3.63, 3.8) is 0 Å². The summed E-state index contributed by atoms with van der Waals surface area (Å²) < 4.78 is 6.35. The summed E-state index contributed by atoms with van der Waals surface area (Å²) in [5, 5.41) is 3.38. The van der Waals surface area contributed by atoms with Gasteiger partial charge in [-0.25, -0.2) is 0 Å². The average Bonchev–Trinajstić information content (AvgIpc) is 2.73. The molecule has 0 unspecified atom stereocenters. The SMILES string of the molecule is Cc1occc1SCCNc1ccc(Br)cc1. The standard InChI is InChI=1S/C13H14BrNOS/c1-10-13(6-8-16-10)17-9-7-15-12-4-2-11(14)3-5-12/h2-6,8,15H,7,9H2,1H3. The molecule has 0 bridgehead atoms. The van der Waals surface area contributed by atoms with Crippen molar-refractivity contribution < 1.29 is 4.42 Å². The van der Waals surface area contributed by atoms with E-state index in [2.05, 4.69) is 33.4 Å². The second-order valence-electron chi connectivity index (χ2n) is 3.62. The van der Waals surface area contributed by atoms with E-state index in [4.69, 9.17) is 4.42 Å². The topological polar surface area (TPSA) is 25.2 Å². The molecular weight excluding hydrogens is 298 g/mol. The Balaban J connectivity index is 1.73. The van der Waals surface area contributed by atoms with E-state index in [1.54, 1.807) is 6.26 Å². The van der Waals surface area contributed by atoms with Gasteiger partial charge in [0, 0.05) is 27.4 Å². The summed E-state index contributed by atoms with van der Waals surface area (Å²) in [5.41, 5.74) is 1.15. The first kappa shape index (κ1) is 12.6. The molecule has 1 aromatic heterocycles. The van der Waals surface area contributed by atoms with Crippen molar-refractivity contribution in [1.82, 2.24) is 0 Å². The van der Waals surface area contributed by atoms with Crippen molar-refractivity contribution >= 4 is 33.4 Å². The van der Waals surface area contributed by atoms with E-state index < -0.39 is 0 Å². The third-order valence-electron chi connectivity index (χ3n) is 2.34. The van der Waals surface area contributed by atoms with Gasteiger partial charge in [0.25, 0.3) is 0 Å². The van der Waals surface area contributed by atoms with Crippen molar-refractivity contribution in [2.24, 2.45) is 0 Å². The molecule has 0 fully saturated rings. The second kappa shape index (κ2) is 6.17. The molecule has 4 heteroatoms. The van der Waals surface area contributed by atoms with E-state index in [0.717, 1.165) is 28.2 Å². The van der Waals surface area contributed by atoms with Crippen molar-refractivity contribution in [2.45, 2.75) is 11.8 Å². The van der Waals surface area contributed by atoms with Gasteiger partial charge in [-0.15, -0.1) is 11.8 Å². The highest BCUT2D eigenvalue weighted by Crippen LogP contribution is 2.22. The summed E-state index contributed by atoms with van der Waals surface area (Å²) in [5.74, 6) is 2.02. The maximum absolute atomic E-state index is 5.25. The van der Waals surface area contributed by atoms with Gasteiger partial charge in [-0.2, -0.15) is 0 Å². The fraction of sp³-hybridized carbons (Fsp3) is 0.231. The fourth-order valence-corrected chi connectivity index (χ4v) is 2.54.